The van der Waals surface area contributed by atoms with Crippen LogP contribution >= 0.6 is 7.14 Å². The molecule has 1 saturated heterocycles. The van der Waals surface area contributed by atoms with E-state index in [9.17, 15) is 9.36 Å². The average Bonchev–Trinajstić information content (AvgIpc) is 2.64. The molecule has 0 aliphatic carbocycles. The Labute approximate surface area is 90.1 Å². The van der Waals surface area contributed by atoms with Crippen molar-refractivity contribution in [3.63, 3.8) is 0 Å². The second-order valence-corrected chi connectivity index (χ2v) is 7.34. The zero-order valence-corrected chi connectivity index (χ0v) is 9.53. The maximum Gasteiger partial charge on any atom is 0.120 e. The standard InChI is InChI=1S/C12H15O2P/c13-9-8-12-7-4-10-15(12,14)11-5-2-1-3-6-11/h1-3,5-6,9,12H,4,7-8,10H2/t12-,15?/m0/s1. The summed E-state index contributed by atoms with van der Waals surface area (Å²) in [6.07, 6.45) is 4.06. The Bertz CT molecular complexity index is 386. The van der Waals surface area contributed by atoms with E-state index in [0.29, 0.717) is 6.42 Å². The van der Waals surface area contributed by atoms with E-state index in [1.54, 1.807) is 0 Å². The molecule has 80 valence electrons. The number of benzene rings is 1. The van der Waals surface area contributed by atoms with Crippen molar-refractivity contribution in [2.45, 2.75) is 24.9 Å². The third kappa shape index (κ3) is 1.91. The number of hydrogen-bond donors (Lipinski definition) is 0. The molecule has 2 atom stereocenters. The molecule has 1 aliphatic rings. The number of aldehydes is 1. The van der Waals surface area contributed by atoms with Crippen molar-refractivity contribution in [1.29, 1.82) is 0 Å². The van der Waals surface area contributed by atoms with Gasteiger partial charge in [0.15, 0.2) is 0 Å². The van der Waals surface area contributed by atoms with Crippen LogP contribution in [-0.2, 0) is 9.36 Å². The van der Waals surface area contributed by atoms with E-state index < -0.39 is 7.14 Å². The van der Waals surface area contributed by atoms with Crippen molar-refractivity contribution < 1.29 is 9.36 Å². The first-order chi connectivity index (χ1) is 7.27. The van der Waals surface area contributed by atoms with Crippen LogP contribution in [0.2, 0.25) is 0 Å². The zero-order valence-electron chi connectivity index (χ0n) is 8.63. The molecule has 2 nitrogen and oxygen atoms in total. The first kappa shape index (κ1) is 10.6. The van der Waals surface area contributed by atoms with E-state index in [0.717, 1.165) is 30.6 Å². The van der Waals surface area contributed by atoms with E-state index in [2.05, 4.69) is 0 Å². The van der Waals surface area contributed by atoms with E-state index in [1.165, 1.54) is 0 Å². The second-order valence-electron chi connectivity index (χ2n) is 4.05. The molecule has 0 bridgehead atoms. The summed E-state index contributed by atoms with van der Waals surface area (Å²) in [6.45, 7) is 0. The van der Waals surface area contributed by atoms with Crippen molar-refractivity contribution in [2.75, 3.05) is 6.16 Å². The van der Waals surface area contributed by atoms with Crippen LogP contribution in [0.1, 0.15) is 19.3 Å². The van der Waals surface area contributed by atoms with Crippen molar-refractivity contribution in [3.05, 3.63) is 30.3 Å². The number of rotatable bonds is 3. The van der Waals surface area contributed by atoms with Crippen molar-refractivity contribution in [2.24, 2.45) is 0 Å². The Kier molecular flexibility index (Phi) is 3.06. The molecule has 2 rings (SSSR count). The first-order valence-corrected chi connectivity index (χ1v) is 7.31. The molecule has 0 saturated carbocycles. The third-order valence-electron chi connectivity index (χ3n) is 3.18. The Balaban J connectivity index is 2.33. The maximum absolute atomic E-state index is 12.8. The predicted octanol–water partition coefficient (Wildman–Crippen LogP) is 2.43. The fourth-order valence-electron chi connectivity index (χ4n) is 2.37. The summed E-state index contributed by atoms with van der Waals surface area (Å²) in [7, 11) is -2.28. The predicted molar refractivity (Wildman–Crippen MR) is 62.3 cm³/mol. The Morgan fingerprint density at radius 1 is 1.33 bits per heavy atom. The monoisotopic (exact) mass is 222 g/mol. The lowest BCUT2D eigenvalue weighted by Crippen LogP contribution is -2.14. The van der Waals surface area contributed by atoms with Gasteiger partial charge in [0.25, 0.3) is 0 Å². The summed E-state index contributed by atoms with van der Waals surface area (Å²) in [5, 5.41) is 0.953. The third-order valence-corrected chi connectivity index (χ3v) is 6.98. The van der Waals surface area contributed by atoms with E-state index in [1.807, 2.05) is 30.3 Å². The minimum absolute atomic E-state index is 0.0948. The van der Waals surface area contributed by atoms with Crippen LogP contribution < -0.4 is 5.30 Å². The molecular weight excluding hydrogens is 207 g/mol. The lowest BCUT2D eigenvalue weighted by atomic mass is 10.2. The molecule has 15 heavy (non-hydrogen) atoms. The van der Waals surface area contributed by atoms with Gasteiger partial charge in [-0.05, 0) is 12.8 Å². The molecule has 1 aromatic rings. The molecule has 1 aromatic carbocycles. The fraction of sp³-hybridized carbons (Fsp3) is 0.417. The summed E-state index contributed by atoms with van der Waals surface area (Å²) in [5.41, 5.74) is 0.0948. The van der Waals surface area contributed by atoms with Crippen LogP contribution in [-0.4, -0.2) is 18.1 Å². The molecule has 1 fully saturated rings. The van der Waals surface area contributed by atoms with Gasteiger partial charge in [0.2, 0.25) is 0 Å². The van der Waals surface area contributed by atoms with Gasteiger partial charge in [-0.15, -0.1) is 0 Å². The smallest absolute Gasteiger partial charge is 0.120 e. The summed E-state index contributed by atoms with van der Waals surface area (Å²) in [5.74, 6) is 0. The van der Waals surface area contributed by atoms with Gasteiger partial charge in [-0.1, -0.05) is 30.3 Å². The summed E-state index contributed by atoms with van der Waals surface area (Å²) < 4.78 is 12.8. The van der Waals surface area contributed by atoms with Crippen LogP contribution in [0.25, 0.3) is 0 Å². The first-order valence-electron chi connectivity index (χ1n) is 5.35. The van der Waals surface area contributed by atoms with Gasteiger partial charge in [0, 0.05) is 23.5 Å². The largest absolute Gasteiger partial charge is 0.318 e. The van der Waals surface area contributed by atoms with E-state index in [4.69, 9.17) is 0 Å². The van der Waals surface area contributed by atoms with Crippen LogP contribution in [0.4, 0.5) is 0 Å². The normalized spacial score (nSPS) is 30.3. The molecule has 1 aliphatic heterocycles. The molecule has 1 unspecified atom stereocenters. The van der Waals surface area contributed by atoms with Crippen LogP contribution in [0.5, 0.6) is 0 Å². The summed E-state index contributed by atoms with van der Waals surface area (Å²) in [4.78, 5) is 10.6. The van der Waals surface area contributed by atoms with Crippen LogP contribution in [0, 0.1) is 0 Å². The number of hydrogen-bond acceptors (Lipinski definition) is 2. The molecule has 1 heterocycles. The van der Waals surface area contributed by atoms with E-state index in [-0.39, 0.29) is 5.66 Å². The van der Waals surface area contributed by atoms with Crippen molar-refractivity contribution >= 4 is 18.7 Å². The molecule has 0 radical (unpaired) electrons. The van der Waals surface area contributed by atoms with Gasteiger partial charge in [0.1, 0.15) is 13.4 Å². The van der Waals surface area contributed by atoms with Crippen LogP contribution in [0.3, 0.4) is 0 Å². The highest BCUT2D eigenvalue weighted by atomic mass is 31.2. The van der Waals surface area contributed by atoms with E-state index >= 15 is 0 Å². The Morgan fingerprint density at radius 2 is 2.07 bits per heavy atom. The van der Waals surface area contributed by atoms with Crippen molar-refractivity contribution in [1.82, 2.24) is 0 Å². The van der Waals surface area contributed by atoms with Gasteiger partial charge >= 0.3 is 0 Å². The van der Waals surface area contributed by atoms with Crippen LogP contribution in [0.15, 0.2) is 30.3 Å². The van der Waals surface area contributed by atoms with Gasteiger partial charge in [-0.25, -0.2) is 0 Å². The average molecular weight is 222 g/mol. The van der Waals surface area contributed by atoms with Gasteiger partial charge < -0.3 is 9.36 Å². The molecule has 0 spiro atoms. The topological polar surface area (TPSA) is 34.1 Å². The van der Waals surface area contributed by atoms with Gasteiger partial charge in [0.05, 0.1) is 0 Å². The number of carbonyl (C=O) groups is 1. The molecule has 0 N–H and O–H groups in total. The highest BCUT2D eigenvalue weighted by molar-refractivity contribution is 7.72. The van der Waals surface area contributed by atoms with Gasteiger partial charge in [-0.2, -0.15) is 0 Å². The Hall–Kier alpha value is -0.880. The fourth-order valence-corrected chi connectivity index (χ4v) is 5.77. The minimum Gasteiger partial charge on any atom is -0.318 e. The SMILES string of the molecule is O=CC[C@@H]1CCCP1(=O)c1ccccc1. The molecular formula is C12H15O2P. The molecule has 0 amide bonds. The zero-order chi connectivity index (χ0) is 10.7. The lowest BCUT2D eigenvalue weighted by molar-refractivity contribution is -0.107. The molecule has 0 aromatic heterocycles. The maximum atomic E-state index is 12.8. The number of carbonyl (C=O) groups excluding carboxylic acids is 1. The summed E-state index contributed by atoms with van der Waals surface area (Å²) in [6, 6.07) is 9.64. The quantitative estimate of drug-likeness (QED) is 0.581. The second kappa shape index (κ2) is 4.32. The molecule has 3 heteroatoms. The highest BCUT2D eigenvalue weighted by Gasteiger charge is 2.38. The van der Waals surface area contributed by atoms with Gasteiger partial charge in [-0.3, -0.25) is 0 Å². The van der Waals surface area contributed by atoms with Crippen molar-refractivity contribution in [3.8, 4) is 0 Å². The lowest BCUT2D eigenvalue weighted by Gasteiger charge is -2.18. The minimum atomic E-state index is -2.28. The highest BCUT2D eigenvalue weighted by Crippen LogP contribution is 2.57. The Morgan fingerprint density at radius 3 is 2.73 bits per heavy atom. The summed E-state index contributed by atoms with van der Waals surface area (Å²) >= 11 is 0.